The summed E-state index contributed by atoms with van der Waals surface area (Å²) in [5.74, 6) is 0. The van der Waals surface area contributed by atoms with Crippen LogP contribution in [0.3, 0.4) is 0 Å². The second-order valence-electron chi connectivity index (χ2n) is 5.85. The molecule has 0 amide bonds. The molecule has 22 heavy (non-hydrogen) atoms. The number of aromatic nitrogens is 2. The largest absolute Gasteiger partial charge is 0.248 e. The highest BCUT2D eigenvalue weighted by molar-refractivity contribution is 6.08. The van der Waals surface area contributed by atoms with Gasteiger partial charge in [0, 0.05) is 16.2 Å². The van der Waals surface area contributed by atoms with Crippen LogP contribution in [0.15, 0.2) is 54.6 Å². The molecule has 0 saturated carbocycles. The molecule has 0 saturated heterocycles. The molecular weight excluding hydrogens is 268 g/mol. The Bertz CT molecular complexity index is 1080. The summed E-state index contributed by atoms with van der Waals surface area (Å²) in [4.78, 5) is 9.63. The molecule has 104 valence electrons. The van der Waals surface area contributed by atoms with Crippen LogP contribution in [-0.4, -0.2) is 9.97 Å². The second-order valence-corrected chi connectivity index (χ2v) is 5.85. The van der Waals surface area contributed by atoms with E-state index in [-0.39, 0.29) is 0 Å². The van der Waals surface area contributed by atoms with E-state index in [1.165, 1.54) is 21.7 Å². The Hall–Kier alpha value is -2.74. The number of allylic oxidation sites excluding steroid dienone is 1. The number of pyridine rings is 2. The summed E-state index contributed by atoms with van der Waals surface area (Å²) < 4.78 is 0. The van der Waals surface area contributed by atoms with Crippen molar-refractivity contribution in [2.75, 3.05) is 0 Å². The van der Waals surface area contributed by atoms with Crippen molar-refractivity contribution in [3.05, 3.63) is 65.9 Å². The van der Waals surface area contributed by atoms with E-state index >= 15 is 0 Å². The fourth-order valence-electron chi connectivity index (χ4n) is 3.34. The van der Waals surface area contributed by atoms with Gasteiger partial charge in [0.1, 0.15) is 0 Å². The highest BCUT2D eigenvalue weighted by Gasteiger charge is 2.10. The molecule has 0 N–H and O–H groups in total. The van der Waals surface area contributed by atoms with E-state index in [1.807, 2.05) is 6.07 Å². The molecule has 1 aliphatic carbocycles. The zero-order chi connectivity index (χ0) is 14.5. The summed E-state index contributed by atoms with van der Waals surface area (Å²) in [7, 11) is 0. The Kier molecular flexibility index (Phi) is 2.36. The van der Waals surface area contributed by atoms with E-state index in [4.69, 9.17) is 9.97 Å². The molecule has 2 heterocycles. The zero-order valence-electron chi connectivity index (χ0n) is 12.1. The third-order valence-electron chi connectivity index (χ3n) is 4.46. The first kappa shape index (κ1) is 11.9. The molecule has 0 bridgehead atoms. The van der Waals surface area contributed by atoms with Crippen molar-refractivity contribution < 1.29 is 0 Å². The van der Waals surface area contributed by atoms with Crippen molar-refractivity contribution in [2.45, 2.75) is 12.8 Å². The lowest BCUT2D eigenvalue weighted by molar-refractivity contribution is 0.973. The zero-order valence-corrected chi connectivity index (χ0v) is 12.1. The minimum Gasteiger partial charge on any atom is -0.248 e. The van der Waals surface area contributed by atoms with Crippen LogP contribution in [0, 0.1) is 0 Å². The van der Waals surface area contributed by atoms with Crippen molar-refractivity contribution in [1.82, 2.24) is 9.97 Å². The molecule has 0 aliphatic heterocycles. The summed E-state index contributed by atoms with van der Waals surface area (Å²) >= 11 is 0. The molecule has 4 aromatic rings. The maximum absolute atomic E-state index is 4.83. The molecule has 0 radical (unpaired) electrons. The van der Waals surface area contributed by atoms with Crippen molar-refractivity contribution in [3.63, 3.8) is 0 Å². The summed E-state index contributed by atoms with van der Waals surface area (Å²) in [5.41, 5.74) is 5.60. The number of para-hydroxylation sites is 1. The van der Waals surface area contributed by atoms with Gasteiger partial charge >= 0.3 is 0 Å². The number of rotatable bonds is 0. The normalized spacial score (nSPS) is 13.8. The maximum Gasteiger partial charge on any atom is 0.0717 e. The molecule has 0 spiro atoms. The SMILES string of the molecule is C1=Cc2nc3ccc4nc5ccccc5cc4c3cc2CC1. The number of aryl methyl sites for hydroxylation is 1. The van der Waals surface area contributed by atoms with Gasteiger partial charge in [-0.1, -0.05) is 24.3 Å². The van der Waals surface area contributed by atoms with Crippen LogP contribution < -0.4 is 0 Å². The lowest BCUT2D eigenvalue weighted by atomic mass is 9.98. The summed E-state index contributed by atoms with van der Waals surface area (Å²) in [6.45, 7) is 0. The number of nitrogens with zero attached hydrogens (tertiary/aromatic N) is 2. The molecule has 2 heteroatoms. The molecule has 2 aromatic heterocycles. The first-order valence-corrected chi connectivity index (χ1v) is 7.67. The minimum absolute atomic E-state index is 1.04. The predicted octanol–water partition coefficient (Wildman–Crippen LogP) is 4.90. The Morgan fingerprint density at radius 2 is 1.59 bits per heavy atom. The van der Waals surface area contributed by atoms with Crippen molar-refractivity contribution in [3.8, 4) is 0 Å². The lowest BCUT2D eigenvalue weighted by Crippen LogP contribution is -1.98. The topological polar surface area (TPSA) is 25.8 Å². The van der Waals surface area contributed by atoms with Crippen molar-refractivity contribution >= 4 is 38.8 Å². The van der Waals surface area contributed by atoms with E-state index in [2.05, 4.69) is 54.6 Å². The van der Waals surface area contributed by atoms with Gasteiger partial charge in [-0.05, 0) is 54.8 Å². The number of fused-ring (bicyclic) bond motifs is 5. The highest BCUT2D eigenvalue weighted by atomic mass is 14.7. The molecule has 2 aromatic carbocycles. The van der Waals surface area contributed by atoms with E-state index in [1.54, 1.807) is 0 Å². The first-order valence-electron chi connectivity index (χ1n) is 7.67. The average molecular weight is 282 g/mol. The van der Waals surface area contributed by atoms with Gasteiger partial charge in [-0.25, -0.2) is 9.97 Å². The third kappa shape index (κ3) is 1.67. The van der Waals surface area contributed by atoms with E-state index < -0.39 is 0 Å². The van der Waals surface area contributed by atoms with Gasteiger partial charge in [-0.3, -0.25) is 0 Å². The quantitative estimate of drug-likeness (QED) is 0.339. The first-order chi connectivity index (χ1) is 10.9. The van der Waals surface area contributed by atoms with Crippen LogP contribution in [-0.2, 0) is 6.42 Å². The number of benzene rings is 2. The summed E-state index contributed by atoms with van der Waals surface area (Å²) in [6.07, 6.45) is 6.52. The van der Waals surface area contributed by atoms with Gasteiger partial charge < -0.3 is 0 Å². The third-order valence-corrected chi connectivity index (χ3v) is 4.46. The highest BCUT2D eigenvalue weighted by Crippen LogP contribution is 2.29. The van der Waals surface area contributed by atoms with Gasteiger partial charge in [0.25, 0.3) is 0 Å². The van der Waals surface area contributed by atoms with Crippen LogP contribution in [0.4, 0.5) is 0 Å². The van der Waals surface area contributed by atoms with E-state index in [0.29, 0.717) is 0 Å². The number of hydrogen-bond acceptors (Lipinski definition) is 2. The van der Waals surface area contributed by atoms with Crippen LogP contribution in [0.2, 0.25) is 0 Å². The Morgan fingerprint density at radius 3 is 2.55 bits per heavy atom. The molecule has 0 atom stereocenters. The maximum atomic E-state index is 4.83. The van der Waals surface area contributed by atoms with Crippen LogP contribution in [0.5, 0.6) is 0 Å². The predicted molar refractivity (Wildman–Crippen MR) is 91.9 cm³/mol. The molecule has 1 aliphatic rings. The van der Waals surface area contributed by atoms with Gasteiger partial charge in [0.05, 0.1) is 22.2 Å². The van der Waals surface area contributed by atoms with Gasteiger partial charge in [-0.15, -0.1) is 0 Å². The lowest BCUT2D eigenvalue weighted by Gasteiger charge is -2.12. The van der Waals surface area contributed by atoms with E-state index in [0.717, 1.165) is 35.1 Å². The molecule has 5 rings (SSSR count). The minimum atomic E-state index is 1.04. The summed E-state index contributed by atoms with van der Waals surface area (Å²) in [6, 6.07) is 17.0. The second kappa shape index (κ2) is 4.38. The Balaban J connectivity index is 1.93. The fraction of sp³-hybridized carbons (Fsp3) is 0.100. The van der Waals surface area contributed by atoms with Gasteiger partial charge in [0.15, 0.2) is 0 Å². The standard InChI is InChI=1S/C20H14N2/c1-3-7-17-13(5-1)11-15-16-12-14-6-2-4-8-18(14)22-20(16)10-9-19(15)21-17/h1,3-5,7-12H,2,6H2. The fourth-order valence-corrected chi connectivity index (χ4v) is 3.34. The van der Waals surface area contributed by atoms with E-state index in [9.17, 15) is 0 Å². The number of hydrogen-bond donors (Lipinski definition) is 0. The van der Waals surface area contributed by atoms with Gasteiger partial charge in [-0.2, -0.15) is 0 Å². The van der Waals surface area contributed by atoms with Crippen LogP contribution in [0.25, 0.3) is 38.8 Å². The Morgan fingerprint density at radius 1 is 0.773 bits per heavy atom. The average Bonchev–Trinajstić information content (AvgIpc) is 2.58. The summed E-state index contributed by atoms with van der Waals surface area (Å²) in [5, 5.41) is 3.59. The monoisotopic (exact) mass is 282 g/mol. The molecular formula is C20H14N2. The van der Waals surface area contributed by atoms with Crippen molar-refractivity contribution in [2.24, 2.45) is 0 Å². The van der Waals surface area contributed by atoms with Crippen molar-refractivity contribution in [1.29, 1.82) is 0 Å². The molecule has 0 unspecified atom stereocenters. The van der Waals surface area contributed by atoms with Gasteiger partial charge in [0.2, 0.25) is 0 Å². The smallest absolute Gasteiger partial charge is 0.0717 e. The van der Waals surface area contributed by atoms with Crippen LogP contribution in [0.1, 0.15) is 17.7 Å². The molecule has 2 nitrogen and oxygen atoms in total. The Labute approximate surface area is 128 Å². The van der Waals surface area contributed by atoms with Crippen LogP contribution >= 0.6 is 0 Å². The molecule has 0 fully saturated rings.